The summed E-state index contributed by atoms with van der Waals surface area (Å²) in [7, 11) is 1.00. The SMILES string of the molecule is CCOC(CC[Si]CCCN)OCC. The van der Waals surface area contributed by atoms with E-state index in [-0.39, 0.29) is 6.29 Å². The molecule has 0 amide bonds. The highest BCUT2D eigenvalue weighted by molar-refractivity contribution is 6.35. The first-order chi connectivity index (χ1) is 6.85. The van der Waals surface area contributed by atoms with Crippen molar-refractivity contribution in [2.24, 2.45) is 5.73 Å². The molecule has 0 bridgehead atoms. The molecule has 0 atom stereocenters. The van der Waals surface area contributed by atoms with Crippen molar-refractivity contribution in [3.05, 3.63) is 0 Å². The van der Waals surface area contributed by atoms with Crippen LogP contribution in [0.1, 0.15) is 26.7 Å². The molecule has 3 nitrogen and oxygen atoms in total. The molecule has 0 aliphatic carbocycles. The number of nitrogens with two attached hydrogens (primary N) is 1. The van der Waals surface area contributed by atoms with E-state index in [0.717, 1.165) is 42.1 Å². The summed E-state index contributed by atoms with van der Waals surface area (Å²) < 4.78 is 10.9. The van der Waals surface area contributed by atoms with Crippen LogP contribution in [0.3, 0.4) is 0 Å². The van der Waals surface area contributed by atoms with Gasteiger partial charge in [-0.05, 0) is 33.2 Å². The van der Waals surface area contributed by atoms with E-state index in [4.69, 9.17) is 15.2 Å². The Hall–Kier alpha value is 0.0969. The summed E-state index contributed by atoms with van der Waals surface area (Å²) >= 11 is 0. The monoisotopic (exact) mass is 217 g/mol. The second-order valence-electron chi connectivity index (χ2n) is 3.02. The van der Waals surface area contributed by atoms with Gasteiger partial charge in [-0.25, -0.2) is 0 Å². The smallest absolute Gasteiger partial charge is 0.157 e. The van der Waals surface area contributed by atoms with Crippen molar-refractivity contribution in [2.75, 3.05) is 19.8 Å². The summed E-state index contributed by atoms with van der Waals surface area (Å²) in [6, 6.07) is 2.45. The molecule has 0 aromatic heterocycles. The van der Waals surface area contributed by atoms with Gasteiger partial charge in [-0.1, -0.05) is 12.1 Å². The molecule has 0 rings (SSSR count). The lowest BCUT2D eigenvalue weighted by atomic mass is 10.4. The lowest BCUT2D eigenvalue weighted by Crippen LogP contribution is -2.17. The van der Waals surface area contributed by atoms with E-state index in [1.54, 1.807) is 0 Å². The third-order valence-electron chi connectivity index (χ3n) is 1.82. The highest BCUT2D eigenvalue weighted by Gasteiger charge is 2.06. The van der Waals surface area contributed by atoms with Crippen LogP contribution >= 0.6 is 0 Å². The topological polar surface area (TPSA) is 44.5 Å². The van der Waals surface area contributed by atoms with Gasteiger partial charge in [-0.15, -0.1) is 0 Å². The predicted molar refractivity (Wildman–Crippen MR) is 60.7 cm³/mol. The van der Waals surface area contributed by atoms with Crippen LogP contribution < -0.4 is 5.73 Å². The quantitative estimate of drug-likeness (QED) is 0.344. The maximum Gasteiger partial charge on any atom is 0.157 e. The summed E-state index contributed by atoms with van der Waals surface area (Å²) in [5, 5.41) is 0. The number of ether oxygens (including phenoxy) is 2. The van der Waals surface area contributed by atoms with Crippen molar-refractivity contribution in [2.45, 2.75) is 45.1 Å². The van der Waals surface area contributed by atoms with E-state index in [0.29, 0.717) is 0 Å². The third kappa shape index (κ3) is 8.68. The zero-order chi connectivity index (χ0) is 10.6. The minimum atomic E-state index is 0.00961. The van der Waals surface area contributed by atoms with E-state index in [1.807, 2.05) is 13.8 Å². The van der Waals surface area contributed by atoms with Gasteiger partial charge in [-0.2, -0.15) is 0 Å². The zero-order valence-corrected chi connectivity index (χ0v) is 10.4. The Morgan fingerprint density at radius 3 is 2.29 bits per heavy atom. The number of hydrogen-bond donors (Lipinski definition) is 1. The fourth-order valence-electron chi connectivity index (χ4n) is 1.16. The molecule has 4 heteroatoms. The van der Waals surface area contributed by atoms with E-state index < -0.39 is 0 Å². The van der Waals surface area contributed by atoms with E-state index >= 15 is 0 Å². The summed E-state index contributed by atoms with van der Waals surface area (Å²) in [6.45, 7) is 6.28. The van der Waals surface area contributed by atoms with Gasteiger partial charge in [-0.3, -0.25) is 0 Å². The second-order valence-corrected chi connectivity index (χ2v) is 4.52. The Bertz CT molecular complexity index is 108. The first-order valence-corrected chi connectivity index (χ1v) is 6.90. The molecule has 2 radical (unpaired) electrons. The maximum atomic E-state index is 5.45. The minimum absolute atomic E-state index is 0.00961. The fraction of sp³-hybridized carbons (Fsp3) is 1.00. The fourth-order valence-corrected chi connectivity index (χ4v) is 2.30. The standard InChI is InChI=1S/C10H23NO2Si/c1-3-12-10(13-4-2)6-9-14-8-5-7-11/h10H,3-9,11H2,1-2H3. The van der Waals surface area contributed by atoms with Crippen LogP contribution in [0, 0.1) is 0 Å². The molecule has 0 saturated heterocycles. The molecule has 14 heavy (non-hydrogen) atoms. The Labute approximate surface area is 90.2 Å². The average Bonchev–Trinajstić information content (AvgIpc) is 2.18. The summed E-state index contributed by atoms with van der Waals surface area (Å²) in [5.74, 6) is 0. The molecule has 0 heterocycles. The van der Waals surface area contributed by atoms with Crippen LogP contribution in [0.15, 0.2) is 0 Å². The molecule has 2 N–H and O–H groups in total. The van der Waals surface area contributed by atoms with Gasteiger partial charge in [0.05, 0.1) is 0 Å². The lowest BCUT2D eigenvalue weighted by molar-refractivity contribution is -0.136. The first-order valence-electron chi connectivity index (χ1n) is 5.49. The van der Waals surface area contributed by atoms with Crippen LogP contribution in [0.5, 0.6) is 0 Å². The van der Waals surface area contributed by atoms with Gasteiger partial charge in [0.15, 0.2) is 6.29 Å². The van der Waals surface area contributed by atoms with Gasteiger partial charge in [0, 0.05) is 22.7 Å². The van der Waals surface area contributed by atoms with Crippen molar-refractivity contribution < 1.29 is 9.47 Å². The largest absolute Gasteiger partial charge is 0.353 e. The van der Waals surface area contributed by atoms with Crippen LogP contribution in [-0.4, -0.2) is 35.6 Å². The summed E-state index contributed by atoms with van der Waals surface area (Å²) in [4.78, 5) is 0. The van der Waals surface area contributed by atoms with Crippen molar-refractivity contribution in [1.82, 2.24) is 0 Å². The van der Waals surface area contributed by atoms with Gasteiger partial charge in [0.2, 0.25) is 0 Å². The van der Waals surface area contributed by atoms with Crippen molar-refractivity contribution in [3.63, 3.8) is 0 Å². The van der Waals surface area contributed by atoms with Crippen LogP contribution in [0.25, 0.3) is 0 Å². The molecule has 0 aliphatic rings. The zero-order valence-electron chi connectivity index (χ0n) is 9.42. The van der Waals surface area contributed by atoms with Crippen LogP contribution in [-0.2, 0) is 9.47 Å². The average molecular weight is 217 g/mol. The molecular weight excluding hydrogens is 194 g/mol. The molecule has 0 aromatic rings. The highest BCUT2D eigenvalue weighted by Crippen LogP contribution is 2.05. The number of hydrogen-bond acceptors (Lipinski definition) is 3. The maximum absolute atomic E-state index is 5.45. The van der Waals surface area contributed by atoms with Crippen molar-refractivity contribution in [3.8, 4) is 0 Å². The van der Waals surface area contributed by atoms with Gasteiger partial charge in [0.1, 0.15) is 0 Å². The van der Waals surface area contributed by atoms with Crippen LogP contribution in [0.4, 0.5) is 0 Å². The molecule has 0 unspecified atom stereocenters. The molecule has 0 spiro atoms. The molecule has 0 aliphatic heterocycles. The molecule has 0 fully saturated rings. The van der Waals surface area contributed by atoms with Gasteiger partial charge in [0.25, 0.3) is 0 Å². The minimum Gasteiger partial charge on any atom is -0.353 e. The summed E-state index contributed by atoms with van der Waals surface area (Å²) in [5.41, 5.74) is 5.42. The summed E-state index contributed by atoms with van der Waals surface area (Å²) in [6.07, 6.45) is 2.17. The van der Waals surface area contributed by atoms with Gasteiger partial charge >= 0.3 is 0 Å². The number of rotatable bonds is 10. The Balaban J connectivity index is 3.30. The third-order valence-corrected chi connectivity index (χ3v) is 3.17. The Kier molecular flexibility index (Phi) is 11.3. The van der Waals surface area contributed by atoms with Crippen molar-refractivity contribution >= 4 is 9.52 Å². The molecular formula is C10H23NO2Si. The Morgan fingerprint density at radius 2 is 1.79 bits per heavy atom. The van der Waals surface area contributed by atoms with Crippen molar-refractivity contribution in [1.29, 1.82) is 0 Å². The predicted octanol–water partition coefficient (Wildman–Crippen LogP) is 1.67. The normalized spacial score (nSPS) is 11.1. The second kappa shape index (κ2) is 11.2. The van der Waals surface area contributed by atoms with E-state index in [1.165, 1.54) is 12.1 Å². The highest BCUT2D eigenvalue weighted by atomic mass is 28.2. The first kappa shape index (κ1) is 14.1. The molecule has 0 aromatic carbocycles. The Morgan fingerprint density at radius 1 is 1.14 bits per heavy atom. The van der Waals surface area contributed by atoms with E-state index in [2.05, 4.69) is 0 Å². The van der Waals surface area contributed by atoms with Crippen LogP contribution in [0.2, 0.25) is 12.1 Å². The van der Waals surface area contributed by atoms with Gasteiger partial charge < -0.3 is 15.2 Å². The lowest BCUT2D eigenvalue weighted by Gasteiger charge is -2.16. The molecule has 84 valence electrons. The van der Waals surface area contributed by atoms with E-state index in [9.17, 15) is 0 Å². The molecule has 0 saturated carbocycles.